The normalized spacial score (nSPS) is 11.3. The molecule has 1 heterocycles. The number of benzene rings is 11. The van der Waals surface area contributed by atoms with Gasteiger partial charge in [0.15, 0.2) is 0 Å². The molecule has 0 amide bonds. The van der Waals surface area contributed by atoms with Gasteiger partial charge < -0.3 is 9.47 Å². The summed E-state index contributed by atoms with van der Waals surface area (Å²) in [5.41, 5.74) is 18.8. The van der Waals surface area contributed by atoms with Crippen LogP contribution in [0.4, 0.5) is 17.1 Å². The van der Waals surface area contributed by atoms with E-state index in [0.717, 1.165) is 22.7 Å². The molecule has 2 heteroatoms. The molecule has 0 aliphatic carbocycles. The highest BCUT2D eigenvalue weighted by molar-refractivity contribution is 6.09. The van der Waals surface area contributed by atoms with Crippen LogP contribution in [-0.2, 0) is 0 Å². The molecule has 12 rings (SSSR count). The van der Waals surface area contributed by atoms with Crippen molar-refractivity contribution < 1.29 is 0 Å². The fourth-order valence-corrected chi connectivity index (χ4v) is 9.98. The predicted molar refractivity (Wildman–Crippen MR) is 280 cm³/mol. The van der Waals surface area contributed by atoms with Crippen molar-refractivity contribution in [2.24, 2.45) is 0 Å². The molecule has 0 atom stereocenters. The number of nitrogens with zero attached hydrogens (tertiary/aromatic N) is 2. The van der Waals surface area contributed by atoms with Gasteiger partial charge in [-0.2, -0.15) is 0 Å². The van der Waals surface area contributed by atoms with E-state index in [4.69, 9.17) is 0 Å². The van der Waals surface area contributed by atoms with Crippen molar-refractivity contribution in [3.63, 3.8) is 0 Å². The second-order valence-corrected chi connectivity index (χ2v) is 16.8. The summed E-state index contributed by atoms with van der Waals surface area (Å²) in [5, 5.41) is 5.00. The molecule has 66 heavy (non-hydrogen) atoms. The lowest BCUT2D eigenvalue weighted by atomic mass is 9.89. The fraction of sp³-hybridized carbons (Fsp3) is 0. The molecule has 0 aliphatic heterocycles. The monoisotopic (exact) mass is 840 g/mol. The zero-order chi connectivity index (χ0) is 43.8. The van der Waals surface area contributed by atoms with Crippen LogP contribution in [0.3, 0.4) is 0 Å². The van der Waals surface area contributed by atoms with Gasteiger partial charge in [0, 0.05) is 33.5 Å². The largest absolute Gasteiger partial charge is 0.311 e. The Morgan fingerprint density at radius 3 is 1.08 bits per heavy atom. The third kappa shape index (κ3) is 6.93. The lowest BCUT2D eigenvalue weighted by molar-refractivity contribution is 1.17. The van der Waals surface area contributed by atoms with Crippen LogP contribution in [0.25, 0.3) is 93.9 Å². The highest BCUT2D eigenvalue weighted by Gasteiger charge is 2.18. The number of hydrogen-bond acceptors (Lipinski definition) is 1. The molecule has 0 spiro atoms. The van der Waals surface area contributed by atoms with Gasteiger partial charge in [-0.1, -0.05) is 206 Å². The Labute approximate surface area is 385 Å². The zero-order valence-corrected chi connectivity index (χ0v) is 36.3. The quantitative estimate of drug-likeness (QED) is 0.141. The summed E-state index contributed by atoms with van der Waals surface area (Å²) >= 11 is 0. The van der Waals surface area contributed by atoms with Gasteiger partial charge in [0.2, 0.25) is 0 Å². The highest BCUT2D eigenvalue weighted by Crippen LogP contribution is 2.43. The lowest BCUT2D eigenvalue weighted by Gasteiger charge is -2.26. The lowest BCUT2D eigenvalue weighted by Crippen LogP contribution is -2.10. The predicted octanol–water partition coefficient (Wildman–Crippen LogP) is 17.7. The van der Waals surface area contributed by atoms with E-state index in [1.54, 1.807) is 0 Å². The van der Waals surface area contributed by atoms with E-state index in [1.165, 1.54) is 88.2 Å². The Kier molecular flexibility index (Phi) is 9.89. The fourth-order valence-electron chi connectivity index (χ4n) is 9.98. The van der Waals surface area contributed by atoms with Crippen molar-refractivity contribution in [3.8, 4) is 61.3 Å². The van der Waals surface area contributed by atoms with E-state index in [0.29, 0.717) is 0 Å². The van der Waals surface area contributed by atoms with Crippen LogP contribution in [0, 0.1) is 0 Å². The Hall–Kier alpha value is -8.72. The van der Waals surface area contributed by atoms with Crippen LogP contribution in [-0.4, -0.2) is 4.57 Å². The molecule has 1 aromatic heterocycles. The van der Waals surface area contributed by atoms with Crippen LogP contribution >= 0.6 is 0 Å². The Balaban J connectivity index is 0.963. The molecule has 11 aromatic carbocycles. The van der Waals surface area contributed by atoms with Gasteiger partial charge in [0.1, 0.15) is 0 Å². The van der Waals surface area contributed by atoms with Crippen molar-refractivity contribution >= 4 is 49.6 Å². The molecule has 0 N–H and O–H groups in total. The van der Waals surface area contributed by atoms with Gasteiger partial charge in [-0.3, -0.25) is 0 Å². The number of aromatic nitrogens is 1. The first-order valence-electron chi connectivity index (χ1n) is 22.7. The van der Waals surface area contributed by atoms with Crippen molar-refractivity contribution in [3.05, 3.63) is 267 Å². The number of anilines is 3. The van der Waals surface area contributed by atoms with Crippen LogP contribution in [0.5, 0.6) is 0 Å². The zero-order valence-electron chi connectivity index (χ0n) is 36.3. The third-order valence-electron chi connectivity index (χ3n) is 13.0. The Morgan fingerprint density at radius 2 is 0.591 bits per heavy atom. The number of hydrogen-bond donors (Lipinski definition) is 0. The summed E-state index contributed by atoms with van der Waals surface area (Å²) in [7, 11) is 0. The van der Waals surface area contributed by atoms with Crippen molar-refractivity contribution in [2.45, 2.75) is 0 Å². The highest BCUT2D eigenvalue weighted by atomic mass is 15.1. The van der Waals surface area contributed by atoms with E-state index >= 15 is 0 Å². The van der Waals surface area contributed by atoms with Crippen LogP contribution < -0.4 is 4.90 Å². The average Bonchev–Trinajstić information content (AvgIpc) is 3.74. The summed E-state index contributed by atoms with van der Waals surface area (Å²) in [6.07, 6.45) is 0. The summed E-state index contributed by atoms with van der Waals surface area (Å²) in [6.45, 7) is 0. The molecule has 0 saturated carbocycles. The second kappa shape index (κ2) is 16.8. The van der Waals surface area contributed by atoms with Gasteiger partial charge in [0.05, 0.1) is 11.0 Å². The summed E-state index contributed by atoms with van der Waals surface area (Å²) < 4.78 is 2.38. The summed E-state index contributed by atoms with van der Waals surface area (Å²) in [6, 6.07) is 96.7. The van der Waals surface area contributed by atoms with Crippen LogP contribution in [0.2, 0.25) is 0 Å². The van der Waals surface area contributed by atoms with Gasteiger partial charge in [-0.25, -0.2) is 0 Å². The Bertz CT molecular complexity index is 3600. The minimum Gasteiger partial charge on any atom is -0.311 e. The van der Waals surface area contributed by atoms with E-state index in [2.05, 4.69) is 276 Å². The van der Waals surface area contributed by atoms with Gasteiger partial charge in [0.25, 0.3) is 0 Å². The maximum absolute atomic E-state index is 2.38. The average molecular weight is 841 g/mol. The minimum absolute atomic E-state index is 1.08. The van der Waals surface area contributed by atoms with Crippen molar-refractivity contribution in [1.29, 1.82) is 0 Å². The number of fused-ring (bicyclic) bond motifs is 4. The van der Waals surface area contributed by atoms with E-state index in [-0.39, 0.29) is 0 Å². The molecule has 0 saturated heterocycles. The van der Waals surface area contributed by atoms with E-state index in [9.17, 15) is 0 Å². The molecular weight excluding hydrogens is 797 g/mol. The first-order valence-corrected chi connectivity index (χ1v) is 22.7. The number of para-hydroxylation sites is 2. The van der Waals surface area contributed by atoms with Crippen molar-refractivity contribution in [1.82, 2.24) is 4.57 Å². The molecule has 0 unspecified atom stereocenters. The van der Waals surface area contributed by atoms with Crippen LogP contribution in [0.1, 0.15) is 0 Å². The Morgan fingerprint density at radius 1 is 0.242 bits per heavy atom. The first kappa shape index (κ1) is 38.9. The van der Waals surface area contributed by atoms with Crippen molar-refractivity contribution in [2.75, 3.05) is 4.90 Å². The summed E-state index contributed by atoms with van der Waals surface area (Å²) in [5.74, 6) is 0. The molecular formula is C64H44N2. The molecule has 0 aliphatic rings. The smallest absolute Gasteiger partial charge is 0.0541 e. The molecule has 2 nitrogen and oxygen atoms in total. The second-order valence-electron chi connectivity index (χ2n) is 16.8. The molecule has 0 radical (unpaired) electrons. The summed E-state index contributed by atoms with van der Waals surface area (Å²) in [4.78, 5) is 2.37. The minimum atomic E-state index is 1.08. The molecule has 0 fully saturated rings. The van der Waals surface area contributed by atoms with E-state index in [1.807, 2.05) is 0 Å². The maximum atomic E-state index is 2.38. The van der Waals surface area contributed by atoms with E-state index < -0.39 is 0 Å². The molecule has 12 aromatic rings. The molecule has 310 valence electrons. The van der Waals surface area contributed by atoms with Crippen LogP contribution in [0.15, 0.2) is 267 Å². The van der Waals surface area contributed by atoms with Gasteiger partial charge in [-0.05, 0) is 127 Å². The third-order valence-corrected chi connectivity index (χ3v) is 13.0. The van der Waals surface area contributed by atoms with Gasteiger partial charge in [-0.15, -0.1) is 0 Å². The first-order chi connectivity index (χ1) is 32.8. The standard InChI is InChI=1S/C64H44N2/c1-3-17-45(18-4-1)54-23-7-9-25-58(54)59-26-10-8-24-55(59)47-33-37-50(38-34-47)65(52-41-43-53(44-42-52)66-62-31-13-11-27-60(62)61-28-12-14-32-63(61)66)51-39-35-48(36-40-51)57-30-16-22-49-21-15-29-56(64(49)57)46-19-5-2-6-20-46/h1-44H. The topological polar surface area (TPSA) is 8.17 Å². The molecule has 0 bridgehead atoms. The SMILES string of the molecule is c1ccc(-c2ccccc2-c2ccccc2-c2ccc(N(c3ccc(-c4cccc5cccc(-c6ccccc6)c45)cc3)c3ccc(-n4c5ccccc5c5ccccc54)cc3)cc2)cc1. The maximum Gasteiger partial charge on any atom is 0.0541 e. The number of rotatable bonds is 9. The van der Waals surface area contributed by atoms with Gasteiger partial charge >= 0.3 is 0 Å².